The van der Waals surface area contributed by atoms with Gasteiger partial charge in [0.2, 0.25) is 0 Å². The molecule has 0 atom stereocenters. The van der Waals surface area contributed by atoms with E-state index in [0.29, 0.717) is 30.1 Å². The van der Waals surface area contributed by atoms with Crippen LogP contribution in [-0.2, 0) is 0 Å². The summed E-state index contributed by atoms with van der Waals surface area (Å²) in [5.41, 5.74) is 3.41. The Bertz CT molecular complexity index is 836. The molecule has 1 heterocycles. The van der Waals surface area contributed by atoms with E-state index in [0.717, 1.165) is 24.3 Å². The van der Waals surface area contributed by atoms with Crippen molar-refractivity contribution in [3.63, 3.8) is 0 Å². The SMILES string of the molecule is COc1ccc(C)cc1NC(=O)N1CCN(c2cccc(C#N)c2)CC1. The largest absolute Gasteiger partial charge is 0.495 e. The highest BCUT2D eigenvalue weighted by molar-refractivity contribution is 5.91. The number of nitriles is 1. The van der Waals surface area contributed by atoms with Crippen LogP contribution >= 0.6 is 0 Å². The van der Waals surface area contributed by atoms with Gasteiger partial charge in [0.05, 0.1) is 24.4 Å². The van der Waals surface area contributed by atoms with E-state index in [1.54, 1.807) is 18.1 Å². The lowest BCUT2D eigenvalue weighted by atomic mass is 10.2. The van der Waals surface area contributed by atoms with Crippen molar-refractivity contribution < 1.29 is 9.53 Å². The van der Waals surface area contributed by atoms with E-state index in [9.17, 15) is 4.79 Å². The van der Waals surface area contributed by atoms with Crippen LogP contribution < -0.4 is 15.0 Å². The summed E-state index contributed by atoms with van der Waals surface area (Å²) in [6.45, 7) is 4.68. The zero-order valence-corrected chi connectivity index (χ0v) is 15.0. The van der Waals surface area contributed by atoms with Crippen molar-refractivity contribution in [2.75, 3.05) is 43.5 Å². The van der Waals surface area contributed by atoms with Crippen molar-refractivity contribution in [3.05, 3.63) is 53.6 Å². The molecule has 0 aliphatic carbocycles. The third-order valence-corrected chi connectivity index (χ3v) is 4.50. The number of amides is 2. The summed E-state index contributed by atoms with van der Waals surface area (Å²) < 4.78 is 5.32. The molecule has 1 aliphatic heterocycles. The Labute approximate surface area is 153 Å². The number of hydrogen-bond acceptors (Lipinski definition) is 4. The minimum Gasteiger partial charge on any atom is -0.495 e. The van der Waals surface area contributed by atoms with Gasteiger partial charge in [0, 0.05) is 31.9 Å². The van der Waals surface area contributed by atoms with Crippen LogP contribution in [0.15, 0.2) is 42.5 Å². The van der Waals surface area contributed by atoms with Gasteiger partial charge in [0.25, 0.3) is 0 Å². The highest BCUT2D eigenvalue weighted by atomic mass is 16.5. The van der Waals surface area contributed by atoms with E-state index in [1.807, 2.05) is 43.3 Å². The molecular formula is C20H22N4O2. The summed E-state index contributed by atoms with van der Waals surface area (Å²) in [5.74, 6) is 0.649. The highest BCUT2D eigenvalue weighted by Crippen LogP contribution is 2.26. The van der Waals surface area contributed by atoms with Crippen LogP contribution in [0.1, 0.15) is 11.1 Å². The third-order valence-electron chi connectivity index (χ3n) is 4.50. The minimum atomic E-state index is -0.126. The van der Waals surface area contributed by atoms with Gasteiger partial charge in [-0.05, 0) is 42.8 Å². The first kappa shape index (κ1) is 17.6. The van der Waals surface area contributed by atoms with Gasteiger partial charge in [-0.2, -0.15) is 5.26 Å². The zero-order chi connectivity index (χ0) is 18.5. The number of benzene rings is 2. The van der Waals surface area contributed by atoms with Crippen LogP contribution in [0.4, 0.5) is 16.2 Å². The van der Waals surface area contributed by atoms with Crippen molar-refractivity contribution in [1.29, 1.82) is 5.26 Å². The molecule has 134 valence electrons. The number of carbonyl (C=O) groups excluding carboxylic acids is 1. The van der Waals surface area contributed by atoms with Gasteiger partial charge in [-0.1, -0.05) is 12.1 Å². The molecule has 1 saturated heterocycles. The second-order valence-corrected chi connectivity index (χ2v) is 6.27. The van der Waals surface area contributed by atoms with Crippen molar-refractivity contribution in [3.8, 4) is 11.8 Å². The van der Waals surface area contributed by atoms with E-state index < -0.39 is 0 Å². The maximum absolute atomic E-state index is 12.6. The summed E-state index contributed by atoms with van der Waals surface area (Å²) in [4.78, 5) is 16.6. The number of hydrogen-bond donors (Lipinski definition) is 1. The molecule has 3 rings (SSSR count). The van der Waals surface area contributed by atoms with Gasteiger partial charge in [0.1, 0.15) is 5.75 Å². The number of nitrogens with one attached hydrogen (secondary N) is 1. The van der Waals surface area contributed by atoms with E-state index in [4.69, 9.17) is 10.00 Å². The summed E-state index contributed by atoms with van der Waals surface area (Å²) >= 11 is 0. The lowest BCUT2D eigenvalue weighted by Gasteiger charge is -2.36. The maximum atomic E-state index is 12.6. The number of aryl methyl sites for hydroxylation is 1. The Morgan fingerprint density at radius 2 is 1.92 bits per heavy atom. The predicted octanol–water partition coefficient (Wildman–Crippen LogP) is 3.23. The lowest BCUT2D eigenvalue weighted by Crippen LogP contribution is -2.50. The average molecular weight is 350 g/mol. The van der Waals surface area contributed by atoms with E-state index in [1.165, 1.54) is 0 Å². The summed E-state index contributed by atoms with van der Waals surface area (Å²) in [7, 11) is 1.59. The van der Waals surface area contributed by atoms with Crippen molar-refractivity contribution in [1.82, 2.24) is 4.90 Å². The Morgan fingerprint density at radius 3 is 2.62 bits per heavy atom. The Hall–Kier alpha value is -3.20. The smallest absolute Gasteiger partial charge is 0.322 e. The van der Waals surface area contributed by atoms with Crippen molar-refractivity contribution in [2.45, 2.75) is 6.92 Å². The monoisotopic (exact) mass is 350 g/mol. The molecule has 1 aliphatic rings. The summed E-state index contributed by atoms with van der Waals surface area (Å²) in [6.07, 6.45) is 0. The number of anilines is 2. The normalized spacial score (nSPS) is 13.9. The topological polar surface area (TPSA) is 68.6 Å². The lowest BCUT2D eigenvalue weighted by molar-refractivity contribution is 0.208. The van der Waals surface area contributed by atoms with Gasteiger partial charge in [-0.25, -0.2) is 4.79 Å². The molecule has 1 N–H and O–H groups in total. The number of rotatable bonds is 3. The second kappa shape index (κ2) is 7.79. The molecule has 2 amide bonds. The van der Waals surface area contributed by atoms with E-state index in [-0.39, 0.29) is 6.03 Å². The minimum absolute atomic E-state index is 0.126. The average Bonchev–Trinajstić information content (AvgIpc) is 2.68. The fourth-order valence-electron chi connectivity index (χ4n) is 3.05. The van der Waals surface area contributed by atoms with Crippen LogP contribution in [0.5, 0.6) is 5.75 Å². The molecule has 26 heavy (non-hydrogen) atoms. The molecule has 6 heteroatoms. The molecule has 0 bridgehead atoms. The third kappa shape index (κ3) is 3.89. The maximum Gasteiger partial charge on any atom is 0.322 e. The van der Waals surface area contributed by atoms with Crippen LogP contribution in [-0.4, -0.2) is 44.2 Å². The Morgan fingerprint density at radius 1 is 1.15 bits per heavy atom. The number of methoxy groups -OCH3 is 1. The second-order valence-electron chi connectivity index (χ2n) is 6.27. The zero-order valence-electron chi connectivity index (χ0n) is 15.0. The van der Waals surface area contributed by atoms with Gasteiger partial charge in [0.15, 0.2) is 0 Å². The van der Waals surface area contributed by atoms with Gasteiger partial charge >= 0.3 is 6.03 Å². The highest BCUT2D eigenvalue weighted by Gasteiger charge is 2.22. The molecule has 0 radical (unpaired) electrons. The fourth-order valence-corrected chi connectivity index (χ4v) is 3.05. The molecule has 6 nitrogen and oxygen atoms in total. The summed E-state index contributed by atoms with van der Waals surface area (Å²) in [6, 6.07) is 15.3. The number of carbonyl (C=O) groups is 1. The molecule has 2 aromatic rings. The molecule has 1 fully saturated rings. The molecule has 0 aromatic heterocycles. The molecular weight excluding hydrogens is 328 g/mol. The first-order chi connectivity index (χ1) is 12.6. The van der Waals surface area contributed by atoms with Crippen molar-refractivity contribution >= 4 is 17.4 Å². The Balaban J connectivity index is 1.62. The quantitative estimate of drug-likeness (QED) is 0.923. The van der Waals surface area contributed by atoms with E-state index in [2.05, 4.69) is 16.3 Å². The predicted molar refractivity (Wildman–Crippen MR) is 102 cm³/mol. The van der Waals surface area contributed by atoms with Crippen LogP contribution in [0.2, 0.25) is 0 Å². The molecule has 0 spiro atoms. The fraction of sp³-hybridized carbons (Fsp3) is 0.300. The number of ether oxygens (including phenoxy) is 1. The molecule has 0 unspecified atom stereocenters. The van der Waals surface area contributed by atoms with E-state index >= 15 is 0 Å². The van der Waals surface area contributed by atoms with Crippen molar-refractivity contribution in [2.24, 2.45) is 0 Å². The van der Waals surface area contributed by atoms with Gasteiger partial charge in [-0.3, -0.25) is 0 Å². The van der Waals surface area contributed by atoms with Crippen LogP contribution in [0, 0.1) is 18.3 Å². The number of piperazine rings is 1. The molecule has 0 saturated carbocycles. The first-order valence-corrected chi connectivity index (χ1v) is 8.56. The van der Waals surface area contributed by atoms with Gasteiger partial charge < -0.3 is 19.9 Å². The number of urea groups is 1. The summed E-state index contributed by atoms with van der Waals surface area (Å²) in [5, 5.41) is 12.0. The van der Waals surface area contributed by atoms with Crippen LogP contribution in [0.3, 0.4) is 0 Å². The number of nitrogens with zero attached hydrogens (tertiary/aromatic N) is 3. The van der Waals surface area contributed by atoms with Gasteiger partial charge in [-0.15, -0.1) is 0 Å². The van der Waals surface area contributed by atoms with Crippen LogP contribution in [0.25, 0.3) is 0 Å². The molecule has 2 aromatic carbocycles. The first-order valence-electron chi connectivity index (χ1n) is 8.56. The Kier molecular flexibility index (Phi) is 5.28. The standard InChI is InChI=1S/C20H22N4O2/c1-15-6-7-19(26-2)18(12-15)22-20(25)24-10-8-23(9-11-24)17-5-3-4-16(13-17)14-21/h3-7,12-13H,8-11H2,1-2H3,(H,22,25).